The monoisotopic (exact) mass is 612 g/mol. The molecular weight excluding hydrogens is 579 g/mol. The molecule has 7 nitrogen and oxygen atoms in total. The van der Waals surface area contributed by atoms with E-state index in [1.54, 1.807) is 15.2 Å². The Labute approximate surface area is 260 Å². The Morgan fingerprint density at radius 1 is 1.23 bits per heavy atom. The van der Waals surface area contributed by atoms with Gasteiger partial charge in [0.05, 0.1) is 16.6 Å². The number of allylic oxidation sites excluding steroid dienone is 1. The second-order valence-corrected chi connectivity index (χ2v) is 12.5. The minimum absolute atomic E-state index is 0.0400. The summed E-state index contributed by atoms with van der Waals surface area (Å²) in [4.78, 5) is 31.4. The minimum Gasteiger partial charge on any atom is -0.452 e. The van der Waals surface area contributed by atoms with Gasteiger partial charge in [0.25, 0.3) is 5.91 Å². The van der Waals surface area contributed by atoms with E-state index in [0.717, 1.165) is 50.6 Å². The second kappa shape index (κ2) is 11.8. The fraction of sp³-hybridized carbons (Fsp3) is 0.343. The lowest BCUT2D eigenvalue weighted by Gasteiger charge is -2.27. The van der Waals surface area contributed by atoms with Crippen LogP contribution < -0.4 is 15.5 Å². The Kier molecular flexibility index (Phi) is 7.72. The van der Waals surface area contributed by atoms with E-state index in [1.165, 1.54) is 17.2 Å². The van der Waals surface area contributed by atoms with E-state index in [2.05, 4.69) is 17.2 Å². The predicted octanol–water partition coefficient (Wildman–Crippen LogP) is 7.42. The molecule has 3 aliphatic rings. The number of aromatic nitrogens is 2. The molecule has 226 valence electrons. The molecule has 0 bridgehead atoms. The van der Waals surface area contributed by atoms with Gasteiger partial charge in [0.15, 0.2) is 11.5 Å². The molecule has 1 saturated carbocycles. The number of nitrogens with zero attached hydrogens (tertiary/aromatic N) is 3. The summed E-state index contributed by atoms with van der Waals surface area (Å²) in [6, 6.07) is 10.9. The predicted molar refractivity (Wildman–Crippen MR) is 170 cm³/mol. The number of ether oxygens (including phenoxy) is 1. The molecule has 0 spiro atoms. The number of rotatable bonds is 6. The lowest BCUT2D eigenvalue weighted by Crippen LogP contribution is -2.33. The molecule has 7 rings (SSSR count). The van der Waals surface area contributed by atoms with E-state index in [1.807, 2.05) is 48.8 Å². The summed E-state index contributed by atoms with van der Waals surface area (Å²) in [5.74, 6) is 0.0843. The molecule has 1 aliphatic carbocycles. The number of carbonyl (C=O) groups excluding carboxylic acids is 1. The Balaban J connectivity index is 1.28. The fourth-order valence-electron chi connectivity index (χ4n) is 7.02. The second-order valence-electron chi connectivity index (χ2n) is 12.1. The highest BCUT2D eigenvalue weighted by Gasteiger charge is 2.29. The molecule has 44 heavy (non-hydrogen) atoms. The summed E-state index contributed by atoms with van der Waals surface area (Å²) in [5, 5.41) is 2.99. The number of amides is 1. The molecule has 2 atom stereocenters. The molecule has 4 heterocycles. The lowest BCUT2D eigenvalue weighted by molar-refractivity contribution is 0.0950. The van der Waals surface area contributed by atoms with E-state index in [-0.39, 0.29) is 17.0 Å². The largest absolute Gasteiger partial charge is 0.452 e. The van der Waals surface area contributed by atoms with Gasteiger partial charge in [-0.25, -0.2) is 8.81 Å². The van der Waals surface area contributed by atoms with Gasteiger partial charge in [-0.05, 0) is 111 Å². The molecular formula is C35H34ClFN4O3. The first-order valence-corrected chi connectivity index (χ1v) is 15.7. The quantitative estimate of drug-likeness (QED) is 0.202. The van der Waals surface area contributed by atoms with Crippen molar-refractivity contribution in [2.45, 2.75) is 63.8 Å². The fourth-order valence-corrected chi connectivity index (χ4v) is 7.33. The first-order valence-electron chi connectivity index (χ1n) is 15.4. The SMILES string of the molecule is Cc1ccncc1C1CCCC(=Cc2c(F)cc3c(=O)c(C(=O)NCC[C@@H]4CCCN4Cl)cn4c3c2Oc2ccccc2-4)C1. The molecule has 1 unspecified atom stereocenters. The number of halogens is 2. The van der Waals surface area contributed by atoms with Gasteiger partial charge in [-0.15, -0.1) is 0 Å². The van der Waals surface area contributed by atoms with E-state index in [4.69, 9.17) is 16.5 Å². The number of nitrogens with one attached hydrogen (secondary N) is 1. The van der Waals surface area contributed by atoms with Crippen LogP contribution in [-0.4, -0.2) is 39.0 Å². The van der Waals surface area contributed by atoms with Gasteiger partial charge >= 0.3 is 0 Å². The third-order valence-electron chi connectivity index (χ3n) is 9.31. The number of hydrogen-bond acceptors (Lipinski definition) is 5. The summed E-state index contributed by atoms with van der Waals surface area (Å²) in [5.41, 5.74) is 4.45. The summed E-state index contributed by atoms with van der Waals surface area (Å²) < 4.78 is 26.0. The van der Waals surface area contributed by atoms with Crippen LogP contribution in [0.4, 0.5) is 4.39 Å². The van der Waals surface area contributed by atoms with Crippen LogP contribution in [0, 0.1) is 12.7 Å². The molecule has 2 aromatic heterocycles. The van der Waals surface area contributed by atoms with Crippen LogP contribution in [0.15, 0.2) is 65.4 Å². The normalized spacial score (nSPS) is 20.5. The van der Waals surface area contributed by atoms with Crippen LogP contribution in [0.2, 0.25) is 0 Å². The number of carbonyl (C=O) groups is 1. The molecule has 1 saturated heterocycles. The van der Waals surface area contributed by atoms with Gasteiger partial charge in [0.1, 0.15) is 16.9 Å². The number of hydrogen-bond donors (Lipinski definition) is 1. The number of pyridine rings is 2. The third-order valence-corrected chi connectivity index (χ3v) is 9.75. The first kappa shape index (κ1) is 28.7. The topological polar surface area (TPSA) is 76.5 Å². The van der Waals surface area contributed by atoms with Crippen LogP contribution in [0.5, 0.6) is 11.5 Å². The Bertz CT molecular complexity index is 1870. The molecule has 2 aliphatic heterocycles. The number of benzene rings is 2. The average Bonchev–Trinajstić information content (AvgIpc) is 3.44. The van der Waals surface area contributed by atoms with Crippen molar-refractivity contribution in [3.63, 3.8) is 0 Å². The van der Waals surface area contributed by atoms with E-state index >= 15 is 4.39 Å². The molecule has 2 fully saturated rings. The third kappa shape index (κ3) is 5.20. The highest BCUT2D eigenvalue weighted by molar-refractivity contribution is 6.13. The Hall–Kier alpha value is -4.01. The van der Waals surface area contributed by atoms with E-state index in [0.29, 0.717) is 47.2 Å². The maximum atomic E-state index is 16.1. The zero-order valence-corrected chi connectivity index (χ0v) is 25.4. The standard InChI is InChI=1S/C35H34ClFN4O3/c1-21-11-13-38-19-27(21)23-7-4-6-22(16-23)17-25-29(37)18-26-32-34(25)44-31-10-3-2-9-30(31)40(32)20-28(33(26)42)35(43)39-14-12-24-8-5-15-41(24)36/h2-3,9-11,13,17-20,23-24H,4-8,12,14-16H2,1H3,(H,39,43)/t23?,24-/m0/s1. The molecule has 1 N–H and O–H groups in total. The number of fused-ring (bicyclic) bond motifs is 2. The Morgan fingerprint density at radius 2 is 2.09 bits per heavy atom. The zero-order valence-electron chi connectivity index (χ0n) is 24.6. The van der Waals surface area contributed by atoms with Crippen LogP contribution in [0.1, 0.15) is 77.9 Å². The molecule has 1 amide bonds. The number of aryl methyl sites for hydroxylation is 1. The smallest absolute Gasteiger partial charge is 0.256 e. The summed E-state index contributed by atoms with van der Waals surface area (Å²) in [7, 11) is 0. The van der Waals surface area contributed by atoms with Crippen LogP contribution >= 0.6 is 11.8 Å². The van der Waals surface area contributed by atoms with Crippen molar-refractivity contribution in [1.82, 2.24) is 19.3 Å². The van der Waals surface area contributed by atoms with Gasteiger partial charge in [0.2, 0.25) is 5.43 Å². The van der Waals surface area contributed by atoms with Crippen LogP contribution in [0.3, 0.4) is 0 Å². The maximum absolute atomic E-state index is 16.1. The van der Waals surface area contributed by atoms with Crippen molar-refractivity contribution < 1.29 is 13.9 Å². The molecule has 4 aromatic rings. The van der Waals surface area contributed by atoms with Crippen molar-refractivity contribution in [2.24, 2.45) is 0 Å². The average molecular weight is 613 g/mol. The highest BCUT2D eigenvalue weighted by Crippen LogP contribution is 2.45. The van der Waals surface area contributed by atoms with Crippen molar-refractivity contribution in [3.05, 3.63) is 98.9 Å². The molecule has 2 aromatic carbocycles. The van der Waals surface area contributed by atoms with Crippen molar-refractivity contribution >= 4 is 34.7 Å². The van der Waals surface area contributed by atoms with Gasteiger partial charge in [-0.2, -0.15) is 0 Å². The number of para-hydroxylation sites is 2. The van der Waals surface area contributed by atoms with Gasteiger partial charge in [-0.3, -0.25) is 14.6 Å². The highest BCUT2D eigenvalue weighted by atomic mass is 35.5. The van der Waals surface area contributed by atoms with Gasteiger partial charge in [-0.1, -0.05) is 17.7 Å². The Morgan fingerprint density at radius 3 is 2.91 bits per heavy atom. The van der Waals surface area contributed by atoms with Gasteiger partial charge in [0, 0.05) is 37.7 Å². The van der Waals surface area contributed by atoms with E-state index < -0.39 is 17.2 Å². The lowest BCUT2D eigenvalue weighted by atomic mass is 9.80. The first-order chi connectivity index (χ1) is 21.4. The van der Waals surface area contributed by atoms with Gasteiger partial charge < -0.3 is 14.6 Å². The van der Waals surface area contributed by atoms with Crippen LogP contribution in [0.25, 0.3) is 22.7 Å². The zero-order chi connectivity index (χ0) is 30.4. The summed E-state index contributed by atoms with van der Waals surface area (Å²) in [6.07, 6.45) is 13.6. The minimum atomic E-state index is -0.552. The van der Waals surface area contributed by atoms with Crippen molar-refractivity contribution in [1.29, 1.82) is 0 Å². The van der Waals surface area contributed by atoms with Crippen LogP contribution in [-0.2, 0) is 0 Å². The van der Waals surface area contributed by atoms with E-state index in [9.17, 15) is 9.59 Å². The molecule has 0 radical (unpaired) electrons. The van der Waals surface area contributed by atoms with Crippen molar-refractivity contribution in [2.75, 3.05) is 13.1 Å². The molecule has 9 heteroatoms. The summed E-state index contributed by atoms with van der Waals surface area (Å²) >= 11 is 6.25. The maximum Gasteiger partial charge on any atom is 0.256 e. The summed E-state index contributed by atoms with van der Waals surface area (Å²) in [6.45, 7) is 3.31. The van der Waals surface area contributed by atoms with Crippen molar-refractivity contribution in [3.8, 4) is 17.2 Å².